The summed E-state index contributed by atoms with van der Waals surface area (Å²) >= 11 is 0. The van der Waals surface area contributed by atoms with Gasteiger partial charge in [-0.3, -0.25) is 9.52 Å². The van der Waals surface area contributed by atoms with E-state index in [1.54, 1.807) is 36.2 Å². The minimum absolute atomic E-state index is 0.00300. The van der Waals surface area contributed by atoms with Gasteiger partial charge in [0.1, 0.15) is 0 Å². The Morgan fingerprint density at radius 1 is 1.35 bits per heavy atom. The van der Waals surface area contributed by atoms with Crippen molar-refractivity contribution in [3.63, 3.8) is 0 Å². The van der Waals surface area contributed by atoms with E-state index in [9.17, 15) is 13.2 Å². The smallest absolute Gasteiger partial charge is 0.229 e. The second kappa shape index (κ2) is 7.25. The summed E-state index contributed by atoms with van der Waals surface area (Å²) in [6, 6.07) is 6.85. The molecule has 0 spiro atoms. The number of nitrogens with zero attached hydrogens (tertiary/aromatic N) is 1. The van der Waals surface area contributed by atoms with Crippen LogP contribution in [0, 0.1) is 0 Å². The highest BCUT2D eigenvalue weighted by atomic mass is 32.2. The van der Waals surface area contributed by atoms with Gasteiger partial charge in [0.05, 0.1) is 12.7 Å². The van der Waals surface area contributed by atoms with Crippen LogP contribution in [-0.4, -0.2) is 52.7 Å². The third kappa shape index (κ3) is 6.03. The molecule has 6 nitrogen and oxygen atoms in total. The van der Waals surface area contributed by atoms with Crippen LogP contribution in [0.1, 0.15) is 5.56 Å². The number of hydrogen-bond acceptors (Lipinski definition) is 4. The Morgan fingerprint density at radius 3 is 2.65 bits per heavy atom. The Bertz CT molecular complexity index is 558. The number of rotatable bonds is 7. The van der Waals surface area contributed by atoms with E-state index < -0.39 is 10.0 Å². The minimum atomic E-state index is -3.30. The van der Waals surface area contributed by atoms with Gasteiger partial charge >= 0.3 is 0 Å². The Labute approximate surface area is 120 Å². The maximum atomic E-state index is 12.0. The van der Waals surface area contributed by atoms with Crippen LogP contribution in [0.4, 0.5) is 5.69 Å². The van der Waals surface area contributed by atoms with E-state index >= 15 is 0 Å². The van der Waals surface area contributed by atoms with Gasteiger partial charge in [0, 0.05) is 25.8 Å². The van der Waals surface area contributed by atoms with Gasteiger partial charge in [-0.25, -0.2) is 8.42 Å². The number of likely N-dealkylation sites (N-methyl/N-ethyl adjacent to an activating group) is 2. The summed E-state index contributed by atoms with van der Waals surface area (Å²) in [5, 5.41) is 2.98. The zero-order valence-electron chi connectivity index (χ0n) is 12.0. The molecule has 0 saturated carbocycles. The lowest BCUT2D eigenvalue weighted by Gasteiger charge is -2.17. The van der Waals surface area contributed by atoms with Crippen LogP contribution in [0.5, 0.6) is 0 Å². The van der Waals surface area contributed by atoms with Crippen molar-refractivity contribution >= 4 is 21.6 Å². The molecule has 0 aliphatic rings. The average molecular weight is 299 g/mol. The number of carbonyl (C=O) groups is 1. The third-order valence-corrected chi connectivity index (χ3v) is 3.32. The predicted molar refractivity (Wildman–Crippen MR) is 80.2 cm³/mol. The first-order valence-corrected chi connectivity index (χ1v) is 8.16. The average Bonchev–Trinajstić information content (AvgIpc) is 2.34. The molecule has 0 bridgehead atoms. The molecule has 0 aliphatic carbocycles. The van der Waals surface area contributed by atoms with E-state index in [0.717, 1.165) is 18.4 Å². The van der Waals surface area contributed by atoms with Crippen molar-refractivity contribution in [1.82, 2.24) is 10.2 Å². The molecule has 112 valence electrons. The summed E-state index contributed by atoms with van der Waals surface area (Å²) < 4.78 is 24.7. The Hall–Kier alpha value is -1.60. The van der Waals surface area contributed by atoms with Crippen LogP contribution < -0.4 is 10.0 Å². The van der Waals surface area contributed by atoms with Crippen molar-refractivity contribution in [2.24, 2.45) is 0 Å². The van der Waals surface area contributed by atoms with Crippen LogP contribution in [-0.2, 0) is 21.2 Å². The van der Waals surface area contributed by atoms with E-state index in [1.165, 1.54) is 0 Å². The maximum absolute atomic E-state index is 12.0. The number of nitrogens with one attached hydrogen (secondary N) is 2. The summed E-state index contributed by atoms with van der Waals surface area (Å²) in [5.41, 5.74) is 1.25. The summed E-state index contributed by atoms with van der Waals surface area (Å²) in [6.45, 7) is 1.37. The first-order chi connectivity index (χ1) is 9.31. The molecule has 0 unspecified atom stereocenters. The number of anilines is 1. The largest absolute Gasteiger partial charge is 0.344 e. The van der Waals surface area contributed by atoms with Gasteiger partial charge in [-0.15, -0.1) is 0 Å². The topological polar surface area (TPSA) is 78.5 Å². The highest BCUT2D eigenvalue weighted by molar-refractivity contribution is 7.92. The summed E-state index contributed by atoms with van der Waals surface area (Å²) in [6.07, 6.45) is 1.34. The molecule has 7 heteroatoms. The number of amides is 1. The van der Waals surface area contributed by atoms with Gasteiger partial charge in [-0.05, 0) is 24.7 Å². The van der Waals surface area contributed by atoms with Crippen LogP contribution in [0.3, 0.4) is 0 Å². The molecule has 2 N–H and O–H groups in total. The summed E-state index contributed by atoms with van der Waals surface area (Å²) in [7, 11) is 0.276. The fourth-order valence-electron chi connectivity index (χ4n) is 1.67. The van der Waals surface area contributed by atoms with Crippen LogP contribution >= 0.6 is 0 Å². The molecule has 1 aromatic carbocycles. The number of benzene rings is 1. The normalized spacial score (nSPS) is 11.2. The fraction of sp³-hybridized carbons (Fsp3) is 0.462. The highest BCUT2D eigenvalue weighted by Gasteiger charge is 2.10. The van der Waals surface area contributed by atoms with Gasteiger partial charge in [-0.2, -0.15) is 0 Å². The number of sulfonamides is 1. The molecule has 0 radical (unpaired) electrons. The molecular formula is C13H21N3O3S. The molecule has 0 heterocycles. The molecule has 1 amide bonds. The quantitative estimate of drug-likeness (QED) is 0.758. The first-order valence-electron chi connectivity index (χ1n) is 6.27. The van der Waals surface area contributed by atoms with Crippen LogP contribution in [0.25, 0.3) is 0 Å². The lowest BCUT2D eigenvalue weighted by molar-refractivity contribution is -0.129. The van der Waals surface area contributed by atoms with E-state index in [1.807, 2.05) is 7.05 Å². The molecule has 1 rings (SSSR count). The van der Waals surface area contributed by atoms with Crippen molar-refractivity contribution in [1.29, 1.82) is 0 Å². The lowest BCUT2D eigenvalue weighted by atomic mass is 10.1. The first kappa shape index (κ1) is 16.5. The lowest BCUT2D eigenvalue weighted by Crippen LogP contribution is -2.33. The molecule has 0 aromatic heterocycles. The monoisotopic (exact) mass is 299 g/mol. The molecule has 0 atom stereocenters. The van der Waals surface area contributed by atoms with Crippen LogP contribution in [0.2, 0.25) is 0 Å². The van der Waals surface area contributed by atoms with Crippen molar-refractivity contribution in [3.05, 3.63) is 29.8 Å². The molecule has 1 aromatic rings. The Kier molecular flexibility index (Phi) is 5.97. The Morgan fingerprint density at radius 2 is 2.05 bits per heavy atom. The summed E-state index contributed by atoms with van der Waals surface area (Å²) in [4.78, 5) is 13.6. The van der Waals surface area contributed by atoms with Crippen LogP contribution in [0.15, 0.2) is 24.3 Å². The van der Waals surface area contributed by atoms with Gasteiger partial charge < -0.3 is 10.2 Å². The van der Waals surface area contributed by atoms with E-state index in [0.29, 0.717) is 12.2 Å². The van der Waals surface area contributed by atoms with Gasteiger partial charge in [0.15, 0.2) is 0 Å². The fourth-order valence-corrected chi connectivity index (χ4v) is 2.23. The van der Waals surface area contributed by atoms with E-state index in [4.69, 9.17) is 0 Å². The number of carbonyl (C=O) groups excluding carboxylic acids is 1. The van der Waals surface area contributed by atoms with Gasteiger partial charge in [0.2, 0.25) is 15.9 Å². The highest BCUT2D eigenvalue weighted by Crippen LogP contribution is 2.13. The van der Waals surface area contributed by atoms with E-state index in [-0.39, 0.29) is 12.3 Å². The van der Waals surface area contributed by atoms with E-state index in [2.05, 4.69) is 10.0 Å². The molecule has 20 heavy (non-hydrogen) atoms. The minimum Gasteiger partial charge on any atom is -0.344 e. The third-order valence-electron chi connectivity index (χ3n) is 2.71. The van der Waals surface area contributed by atoms with Crippen molar-refractivity contribution in [3.8, 4) is 0 Å². The van der Waals surface area contributed by atoms with Crippen molar-refractivity contribution < 1.29 is 13.2 Å². The zero-order chi connectivity index (χ0) is 15.2. The standard InChI is InChI=1S/C13H21N3O3S/c1-14-7-8-16(2)13(17)10-11-5-4-6-12(9-11)15-20(3,18)19/h4-6,9,14-15H,7-8,10H2,1-3H3. The SMILES string of the molecule is CNCCN(C)C(=O)Cc1cccc(NS(C)(=O)=O)c1. The maximum Gasteiger partial charge on any atom is 0.229 e. The van der Waals surface area contributed by atoms with Gasteiger partial charge in [0.25, 0.3) is 0 Å². The second-order valence-corrected chi connectivity index (χ2v) is 6.42. The summed E-state index contributed by atoms with van der Waals surface area (Å²) in [5.74, 6) is -0.00300. The molecule has 0 saturated heterocycles. The zero-order valence-corrected chi connectivity index (χ0v) is 12.8. The van der Waals surface area contributed by atoms with Crippen molar-refractivity contribution in [2.45, 2.75) is 6.42 Å². The Balaban J connectivity index is 2.68. The molecule has 0 fully saturated rings. The molecule has 0 aliphatic heterocycles. The number of hydrogen-bond donors (Lipinski definition) is 2. The predicted octanol–water partition coefficient (Wildman–Crippen LogP) is 0.278. The molecular weight excluding hydrogens is 278 g/mol. The van der Waals surface area contributed by atoms with Crippen molar-refractivity contribution in [2.75, 3.05) is 38.2 Å². The van der Waals surface area contributed by atoms with Gasteiger partial charge in [-0.1, -0.05) is 12.1 Å². The second-order valence-electron chi connectivity index (χ2n) is 4.67.